The number of fused-ring (bicyclic) bond motifs is 1. The molecule has 4 rings (SSSR count). The van der Waals surface area contributed by atoms with Gasteiger partial charge < -0.3 is 18.9 Å². The van der Waals surface area contributed by atoms with Crippen molar-refractivity contribution >= 4 is 5.91 Å². The van der Waals surface area contributed by atoms with Crippen LogP contribution in [-0.4, -0.2) is 29.8 Å². The molecule has 6 heteroatoms. The number of carbonyl (C=O) groups excluding carboxylic acids is 1. The molecule has 2 heterocycles. The Hall–Kier alpha value is -2.50. The lowest BCUT2D eigenvalue weighted by Crippen LogP contribution is -2.26. The van der Waals surface area contributed by atoms with E-state index < -0.39 is 0 Å². The van der Waals surface area contributed by atoms with Crippen molar-refractivity contribution in [2.75, 3.05) is 13.8 Å². The first-order chi connectivity index (χ1) is 10.7. The molecule has 2 aromatic rings. The second kappa shape index (κ2) is 5.05. The lowest BCUT2D eigenvalue weighted by Gasteiger charge is -2.15. The zero-order valence-electron chi connectivity index (χ0n) is 12.2. The van der Waals surface area contributed by atoms with E-state index in [1.807, 2.05) is 18.2 Å². The first-order valence-electron chi connectivity index (χ1n) is 7.31. The molecule has 1 aliphatic heterocycles. The third-order valence-electron chi connectivity index (χ3n) is 3.93. The van der Waals surface area contributed by atoms with Gasteiger partial charge in [-0.2, -0.15) is 0 Å². The van der Waals surface area contributed by atoms with Crippen LogP contribution in [0.15, 0.2) is 28.8 Å². The van der Waals surface area contributed by atoms with Gasteiger partial charge in [-0.1, -0.05) is 11.2 Å². The number of nitrogens with zero attached hydrogens (tertiary/aromatic N) is 2. The minimum atomic E-state index is -0.145. The highest BCUT2D eigenvalue weighted by molar-refractivity contribution is 5.92. The second-order valence-corrected chi connectivity index (χ2v) is 5.74. The monoisotopic (exact) mass is 300 g/mol. The molecule has 0 bridgehead atoms. The van der Waals surface area contributed by atoms with Gasteiger partial charge in [0.1, 0.15) is 5.76 Å². The summed E-state index contributed by atoms with van der Waals surface area (Å²) < 4.78 is 15.9. The lowest BCUT2D eigenvalue weighted by molar-refractivity contribution is 0.0774. The Labute approximate surface area is 127 Å². The van der Waals surface area contributed by atoms with Gasteiger partial charge in [0.15, 0.2) is 17.2 Å². The largest absolute Gasteiger partial charge is 0.454 e. The molecule has 0 saturated heterocycles. The summed E-state index contributed by atoms with van der Waals surface area (Å²) in [6, 6.07) is 7.44. The molecule has 1 aromatic carbocycles. The van der Waals surface area contributed by atoms with Crippen LogP contribution in [0.1, 0.15) is 40.6 Å². The van der Waals surface area contributed by atoms with Crippen LogP contribution in [0.3, 0.4) is 0 Å². The van der Waals surface area contributed by atoms with Crippen molar-refractivity contribution in [3.8, 4) is 11.5 Å². The van der Waals surface area contributed by atoms with Crippen LogP contribution >= 0.6 is 0 Å². The van der Waals surface area contributed by atoms with E-state index in [2.05, 4.69) is 5.16 Å². The van der Waals surface area contributed by atoms with Crippen molar-refractivity contribution in [2.45, 2.75) is 25.3 Å². The SMILES string of the molecule is CN(Cc1ccc2c(c1)OCO2)C(=O)c1cc(C2CC2)on1. The topological polar surface area (TPSA) is 64.8 Å². The first kappa shape index (κ1) is 13.2. The van der Waals surface area contributed by atoms with Crippen molar-refractivity contribution in [3.63, 3.8) is 0 Å². The van der Waals surface area contributed by atoms with Crippen molar-refractivity contribution < 1.29 is 18.8 Å². The molecule has 1 amide bonds. The molecule has 1 aromatic heterocycles. The molecule has 114 valence electrons. The van der Waals surface area contributed by atoms with Crippen molar-refractivity contribution in [1.29, 1.82) is 0 Å². The van der Waals surface area contributed by atoms with Gasteiger partial charge in [-0.25, -0.2) is 0 Å². The highest BCUT2D eigenvalue weighted by Crippen LogP contribution is 2.40. The summed E-state index contributed by atoms with van der Waals surface area (Å²) in [5.74, 6) is 2.58. The average molecular weight is 300 g/mol. The third kappa shape index (κ3) is 2.41. The Morgan fingerprint density at radius 1 is 1.27 bits per heavy atom. The number of amides is 1. The van der Waals surface area contributed by atoms with Crippen LogP contribution in [-0.2, 0) is 6.54 Å². The van der Waals surface area contributed by atoms with Gasteiger partial charge in [0.05, 0.1) is 0 Å². The molecule has 0 N–H and O–H groups in total. The maximum absolute atomic E-state index is 12.4. The molecule has 0 spiro atoms. The minimum Gasteiger partial charge on any atom is -0.454 e. The number of benzene rings is 1. The smallest absolute Gasteiger partial charge is 0.276 e. The summed E-state index contributed by atoms with van der Waals surface area (Å²) >= 11 is 0. The van der Waals surface area contributed by atoms with E-state index >= 15 is 0 Å². The van der Waals surface area contributed by atoms with Crippen molar-refractivity contribution in [2.24, 2.45) is 0 Å². The molecular weight excluding hydrogens is 284 g/mol. The van der Waals surface area contributed by atoms with Gasteiger partial charge >= 0.3 is 0 Å². The van der Waals surface area contributed by atoms with Crippen LogP contribution in [0.5, 0.6) is 11.5 Å². The summed E-state index contributed by atoms with van der Waals surface area (Å²) in [5, 5.41) is 3.89. The molecule has 1 fully saturated rings. The Morgan fingerprint density at radius 3 is 2.91 bits per heavy atom. The fourth-order valence-electron chi connectivity index (χ4n) is 2.53. The fourth-order valence-corrected chi connectivity index (χ4v) is 2.53. The van der Waals surface area contributed by atoms with Gasteiger partial charge in [-0.05, 0) is 30.5 Å². The van der Waals surface area contributed by atoms with Crippen LogP contribution < -0.4 is 9.47 Å². The van der Waals surface area contributed by atoms with Crippen LogP contribution in [0, 0.1) is 0 Å². The maximum atomic E-state index is 12.4. The highest BCUT2D eigenvalue weighted by atomic mass is 16.7. The molecule has 6 nitrogen and oxygen atoms in total. The Morgan fingerprint density at radius 2 is 2.09 bits per heavy atom. The number of aromatic nitrogens is 1. The zero-order valence-corrected chi connectivity index (χ0v) is 12.2. The first-order valence-corrected chi connectivity index (χ1v) is 7.31. The predicted molar refractivity (Wildman–Crippen MR) is 76.8 cm³/mol. The number of ether oxygens (including phenoxy) is 2. The van der Waals surface area contributed by atoms with E-state index in [-0.39, 0.29) is 12.7 Å². The van der Waals surface area contributed by atoms with Gasteiger partial charge in [0, 0.05) is 25.6 Å². The molecule has 1 saturated carbocycles. The molecule has 22 heavy (non-hydrogen) atoms. The van der Waals surface area contributed by atoms with Gasteiger partial charge in [-0.15, -0.1) is 0 Å². The maximum Gasteiger partial charge on any atom is 0.276 e. The normalized spacial score (nSPS) is 15.9. The minimum absolute atomic E-state index is 0.145. The highest BCUT2D eigenvalue weighted by Gasteiger charge is 2.29. The third-order valence-corrected chi connectivity index (χ3v) is 3.93. The van der Waals surface area contributed by atoms with Crippen molar-refractivity contribution in [3.05, 3.63) is 41.3 Å². The zero-order chi connectivity index (χ0) is 15.1. The van der Waals surface area contributed by atoms with Crippen molar-refractivity contribution in [1.82, 2.24) is 10.1 Å². The van der Waals surface area contributed by atoms with Gasteiger partial charge in [-0.3, -0.25) is 4.79 Å². The lowest BCUT2D eigenvalue weighted by atomic mass is 10.2. The molecule has 0 atom stereocenters. The van der Waals surface area contributed by atoms with E-state index in [4.69, 9.17) is 14.0 Å². The van der Waals surface area contributed by atoms with Crippen LogP contribution in [0.4, 0.5) is 0 Å². The van der Waals surface area contributed by atoms with E-state index in [1.165, 1.54) is 0 Å². The van der Waals surface area contributed by atoms with Gasteiger partial charge in [0.25, 0.3) is 5.91 Å². The summed E-state index contributed by atoms with van der Waals surface area (Å²) in [6.07, 6.45) is 2.24. The molecular formula is C16H16N2O4. The Kier molecular flexibility index (Phi) is 3.03. The molecule has 0 radical (unpaired) electrons. The number of rotatable bonds is 4. The second-order valence-electron chi connectivity index (χ2n) is 5.74. The van der Waals surface area contributed by atoms with E-state index in [0.717, 1.165) is 35.7 Å². The summed E-state index contributed by atoms with van der Waals surface area (Å²) in [7, 11) is 1.75. The predicted octanol–water partition coefficient (Wildman–Crippen LogP) is 2.55. The summed E-state index contributed by atoms with van der Waals surface area (Å²) in [6.45, 7) is 0.720. The average Bonchev–Trinajstić information content (AvgIpc) is 3.08. The van der Waals surface area contributed by atoms with E-state index in [9.17, 15) is 4.79 Å². The molecule has 2 aliphatic rings. The van der Waals surface area contributed by atoms with Crippen LogP contribution in [0.25, 0.3) is 0 Å². The number of hydrogen-bond donors (Lipinski definition) is 0. The van der Waals surface area contributed by atoms with E-state index in [0.29, 0.717) is 18.2 Å². The van der Waals surface area contributed by atoms with Gasteiger partial charge in [0.2, 0.25) is 6.79 Å². The Bertz CT molecular complexity index is 721. The standard InChI is InChI=1S/C16H16N2O4/c1-18(8-10-2-5-13-15(6-10)21-9-20-13)16(19)12-7-14(22-17-12)11-3-4-11/h2,5-7,11H,3-4,8-9H2,1H3. The van der Waals surface area contributed by atoms with E-state index in [1.54, 1.807) is 18.0 Å². The quantitative estimate of drug-likeness (QED) is 0.868. The number of hydrogen-bond acceptors (Lipinski definition) is 5. The molecule has 1 aliphatic carbocycles. The fraction of sp³-hybridized carbons (Fsp3) is 0.375. The summed E-state index contributed by atoms with van der Waals surface area (Å²) in [4.78, 5) is 14.0. The Balaban J connectivity index is 1.46. The summed E-state index contributed by atoms with van der Waals surface area (Å²) in [5.41, 5.74) is 1.34. The van der Waals surface area contributed by atoms with Crippen LogP contribution in [0.2, 0.25) is 0 Å². The molecule has 0 unspecified atom stereocenters. The number of carbonyl (C=O) groups is 1.